The predicted molar refractivity (Wildman–Crippen MR) is 83.8 cm³/mol. The summed E-state index contributed by atoms with van der Waals surface area (Å²) in [6, 6.07) is 10.9. The lowest BCUT2D eigenvalue weighted by Crippen LogP contribution is -2.21. The quantitative estimate of drug-likeness (QED) is 0.903. The van der Waals surface area contributed by atoms with Crippen LogP contribution in [-0.2, 0) is 0 Å². The number of hydrogen-bond donors (Lipinski definition) is 2. The van der Waals surface area contributed by atoms with Crippen LogP contribution in [0.4, 0.5) is 4.39 Å². The average Bonchev–Trinajstić information content (AvgIpc) is 2.43. The van der Waals surface area contributed by atoms with E-state index in [2.05, 4.69) is 0 Å². The Morgan fingerprint density at radius 1 is 1.05 bits per heavy atom. The van der Waals surface area contributed by atoms with Crippen LogP contribution in [0.25, 0.3) is 0 Å². The van der Waals surface area contributed by atoms with Gasteiger partial charge in [-0.1, -0.05) is 30.3 Å². The molecule has 0 aromatic heterocycles. The molecule has 3 heteroatoms. The number of rotatable bonds is 4. The Balaban J connectivity index is 2.37. The second-order valence-electron chi connectivity index (χ2n) is 5.66. The van der Waals surface area contributed by atoms with Gasteiger partial charge >= 0.3 is 0 Å². The first-order chi connectivity index (χ1) is 9.93. The topological polar surface area (TPSA) is 46.2 Å². The third kappa shape index (κ3) is 3.31. The number of aryl methyl sites for hydroxylation is 3. The molecule has 2 rings (SSSR count). The minimum absolute atomic E-state index is 0.261. The Hall–Kier alpha value is -1.71. The van der Waals surface area contributed by atoms with Gasteiger partial charge in [-0.05, 0) is 49.1 Å². The molecule has 3 N–H and O–H groups in total. The molecule has 21 heavy (non-hydrogen) atoms. The van der Waals surface area contributed by atoms with Crippen molar-refractivity contribution < 1.29 is 9.50 Å². The highest BCUT2D eigenvalue weighted by Gasteiger charge is 2.24. The Morgan fingerprint density at radius 3 is 2.33 bits per heavy atom. The molecular formula is C18H22FNO. The van der Waals surface area contributed by atoms with Crippen LogP contribution < -0.4 is 5.73 Å². The molecule has 112 valence electrons. The largest absolute Gasteiger partial charge is 0.388 e. The van der Waals surface area contributed by atoms with Crippen LogP contribution in [0.5, 0.6) is 0 Å². The molecule has 2 nitrogen and oxygen atoms in total. The number of benzene rings is 2. The van der Waals surface area contributed by atoms with Gasteiger partial charge in [0.15, 0.2) is 0 Å². The molecule has 2 unspecified atom stereocenters. The SMILES string of the molecule is Cc1ccc(C(O)C(CN)c2ccc(C)c(C)c2)c(F)c1. The third-order valence-corrected chi connectivity index (χ3v) is 4.07. The Kier molecular flexibility index (Phi) is 4.76. The summed E-state index contributed by atoms with van der Waals surface area (Å²) in [6.45, 7) is 6.14. The van der Waals surface area contributed by atoms with Gasteiger partial charge in [0.25, 0.3) is 0 Å². The van der Waals surface area contributed by atoms with Crippen LogP contribution in [0.2, 0.25) is 0 Å². The lowest BCUT2D eigenvalue weighted by Gasteiger charge is -2.23. The molecule has 0 fully saturated rings. The van der Waals surface area contributed by atoms with E-state index in [4.69, 9.17) is 5.73 Å². The monoisotopic (exact) mass is 287 g/mol. The van der Waals surface area contributed by atoms with Crippen LogP contribution in [-0.4, -0.2) is 11.7 Å². The van der Waals surface area contributed by atoms with Crippen molar-refractivity contribution in [1.82, 2.24) is 0 Å². The van der Waals surface area contributed by atoms with E-state index in [0.717, 1.165) is 16.7 Å². The second kappa shape index (κ2) is 6.37. The normalized spacial score (nSPS) is 14.0. The zero-order valence-corrected chi connectivity index (χ0v) is 12.7. The van der Waals surface area contributed by atoms with Gasteiger partial charge < -0.3 is 10.8 Å². The Bertz CT molecular complexity index is 639. The highest BCUT2D eigenvalue weighted by atomic mass is 19.1. The number of aliphatic hydroxyl groups excluding tert-OH is 1. The summed E-state index contributed by atoms with van der Waals surface area (Å²) in [5.41, 5.74) is 10.2. The van der Waals surface area contributed by atoms with E-state index in [9.17, 15) is 9.50 Å². The molecule has 0 aliphatic carbocycles. The van der Waals surface area contributed by atoms with Gasteiger partial charge in [0.05, 0.1) is 6.10 Å². The van der Waals surface area contributed by atoms with Gasteiger partial charge in [0, 0.05) is 18.0 Å². The molecular weight excluding hydrogens is 265 g/mol. The predicted octanol–water partition coefficient (Wildman–Crippen LogP) is 3.53. The van der Waals surface area contributed by atoms with Crippen LogP contribution in [0, 0.1) is 26.6 Å². The average molecular weight is 287 g/mol. The van der Waals surface area contributed by atoms with Gasteiger partial charge in [0.2, 0.25) is 0 Å². The molecule has 0 saturated heterocycles. The maximum absolute atomic E-state index is 14.1. The minimum atomic E-state index is -0.947. The van der Waals surface area contributed by atoms with E-state index in [1.807, 2.05) is 39.0 Å². The van der Waals surface area contributed by atoms with E-state index in [0.29, 0.717) is 5.56 Å². The van der Waals surface area contributed by atoms with Crippen molar-refractivity contribution in [3.8, 4) is 0 Å². The zero-order chi connectivity index (χ0) is 15.6. The van der Waals surface area contributed by atoms with Gasteiger partial charge in [-0.2, -0.15) is 0 Å². The standard InChI is InChI=1S/C18H22FNO/c1-11-4-7-15(17(19)8-11)18(21)16(10-20)14-6-5-12(2)13(3)9-14/h4-9,16,18,21H,10,20H2,1-3H3. The molecule has 0 aliphatic rings. The number of hydrogen-bond acceptors (Lipinski definition) is 2. The molecule has 2 aromatic rings. The zero-order valence-electron chi connectivity index (χ0n) is 12.7. The summed E-state index contributed by atoms with van der Waals surface area (Å²) in [6.07, 6.45) is -0.947. The van der Waals surface area contributed by atoms with E-state index < -0.39 is 6.10 Å². The molecule has 0 saturated carbocycles. The van der Waals surface area contributed by atoms with Crippen LogP contribution >= 0.6 is 0 Å². The van der Waals surface area contributed by atoms with Gasteiger partial charge in [-0.15, -0.1) is 0 Å². The summed E-state index contributed by atoms with van der Waals surface area (Å²) >= 11 is 0. The van der Waals surface area contributed by atoms with E-state index in [1.165, 1.54) is 11.6 Å². The van der Waals surface area contributed by atoms with Crippen LogP contribution in [0.1, 0.15) is 39.8 Å². The van der Waals surface area contributed by atoms with Gasteiger partial charge in [0.1, 0.15) is 5.82 Å². The first kappa shape index (κ1) is 15.7. The van der Waals surface area contributed by atoms with Crippen molar-refractivity contribution in [2.75, 3.05) is 6.54 Å². The fourth-order valence-corrected chi connectivity index (χ4v) is 2.53. The van der Waals surface area contributed by atoms with Gasteiger partial charge in [-0.3, -0.25) is 0 Å². The number of halogens is 1. The summed E-state index contributed by atoms with van der Waals surface area (Å²) in [4.78, 5) is 0. The molecule has 0 amide bonds. The van der Waals surface area contributed by atoms with Gasteiger partial charge in [-0.25, -0.2) is 4.39 Å². The third-order valence-electron chi connectivity index (χ3n) is 4.07. The number of nitrogens with two attached hydrogens (primary N) is 1. The second-order valence-corrected chi connectivity index (χ2v) is 5.66. The summed E-state index contributed by atoms with van der Waals surface area (Å²) in [5.74, 6) is -0.703. The summed E-state index contributed by atoms with van der Waals surface area (Å²) < 4.78 is 14.1. The van der Waals surface area contributed by atoms with Crippen molar-refractivity contribution in [3.05, 3.63) is 70.0 Å². The molecule has 0 heterocycles. The molecule has 0 spiro atoms. The van der Waals surface area contributed by atoms with Crippen molar-refractivity contribution in [3.63, 3.8) is 0 Å². The molecule has 0 aliphatic heterocycles. The molecule has 2 atom stereocenters. The van der Waals surface area contributed by atoms with Crippen molar-refractivity contribution in [2.45, 2.75) is 32.8 Å². The summed E-state index contributed by atoms with van der Waals surface area (Å²) in [7, 11) is 0. The van der Waals surface area contributed by atoms with Crippen molar-refractivity contribution >= 4 is 0 Å². The maximum atomic E-state index is 14.1. The lowest BCUT2D eigenvalue weighted by molar-refractivity contribution is 0.143. The fraction of sp³-hybridized carbons (Fsp3) is 0.333. The first-order valence-corrected chi connectivity index (χ1v) is 7.15. The molecule has 0 bridgehead atoms. The Morgan fingerprint density at radius 2 is 1.76 bits per heavy atom. The molecule has 0 radical (unpaired) electrons. The highest BCUT2D eigenvalue weighted by Crippen LogP contribution is 2.32. The van der Waals surface area contributed by atoms with E-state index >= 15 is 0 Å². The first-order valence-electron chi connectivity index (χ1n) is 7.15. The molecule has 2 aromatic carbocycles. The fourth-order valence-electron chi connectivity index (χ4n) is 2.53. The highest BCUT2D eigenvalue weighted by molar-refractivity contribution is 5.35. The summed E-state index contributed by atoms with van der Waals surface area (Å²) in [5, 5.41) is 10.5. The Labute approximate surface area is 125 Å². The van der Waals surface area contributed by atoms with Crippen molar-refractivity contribution in [1.29, 1.82) is 0 Å². The van der Waals surface area contributed by atoms with Crippen LogP contribution in [0.15, 0.2) is 36.4 Å². The number of aliphatic hydroxyl groups is 1. The minimum Gasteiger partial charge on any atom is -0.388 e. The van der Waals surface area contributed by atoms with Crippen LogP contribution in [0.3, 0.4) is 0 Å². The smallest absolute Gasteiger partial charge is 0.129 e. The van der Waals surface area contributed by atoms with E-state index in [1.54, 1.807) is 12.1 Å². The maximum Gasteiger partial charge on any atom is 0.129 e. The van der Waals surface area contributed by atoms with E-state index in [-0.39, 0.29) is 18.3 Å². The van der Waals surface area contributed by atoms with Crippen molar-refractivity contribution in [2.24, 2.45) is 5.73 Å². The lowest BCUT2D eigenvalue weighted by atomic mass is 9.87.